The first-order valence-electron chi connectivity index (χ1n) is 11.6. The fourth-order valence-electron chi connectivity index (χ4n) is 4.39. The van der Waals surface area contributed by atoms with Gasteiger partial charge in [-0.05, 0) is 76.1 Å². The minimum absolute atomic E-state index is 0.327. The van der Waals surface area contributed by atoms with Crippen LogP contribution in [0.2, 0.25) is 0 Å². The molecule has 1 fully saturated rings. The van der Waals surface area contributed by atoms with Crippen molar-refractivity contribution in [2.45, 2.75) is 46.2 Å². The Hall–Kier alpha value is -2.37. The molecule has 0 N–H and O–H groups in total. The third kappa shape index (κ3) is 5.10. The van der Waals surface area contributed by atoms with Gasteiger partial charge in [0.15, 0.2) is 0 Å². The largest absolute Gasteiger partial charge is 0.494 e. The van der Waals surface area contributed by atoms with Crippen LogP contribution >= 0.6 is 0 Å². The maximum atomic E-state index is 5.99. The molecule has 0 bridgehead atoms. The molecule has 166 valence electrons. The van der Waals surface area contributed by atoms with Crippen LogP contribution in [0.4, 0.5) is 0 Å². The van der Waals surface area contributed by atoms with E-state index >= 15 is 0 Å². The Balaban J connectivity index is 1.40. The molecule has 0 amide bonds. The van der Waals surface area contributed by atoms with E-state index in [0.29, 0.717) is 6.04 Å². The first-order chi connectivity index (χ1) is 15.0. The SMILES string of the molecule is Cc1ccc(OCCCCn2c(C(C)N3CCN(C)CC3)nc3ccccc32)cc1C. The normalized spacial score (nSPS) is 16.6. The number of piperazine rings is 1. The van der Waals surface area contributed by atoms with Crippen molar-refractivity contribution < 1.29 is 4.74 Å². The number of unbranched alkanes of at least 4 members (excludes halogenated alkanes) is 1. The number of ether oxygens (including phenoxy) is 1. The molecule has 4 rings (SSSR count). The maximum Gasteiger partial charge on any atom is 0.127 e. The van der Waals surface area contributed by atoms with Crippen LogP contribution in [0.25, 0.3) is 11.0 Å². The summed E-state index contributed by atoms with van der Waals surface area (Å²) in [4.78, 5) is 10.0. The lowest BCUT2D eigenvalue weighted by Crippen LogP contribution is -2.45. The molecule has 1 atom stereocenters. The van der Waals surface area contributed by atoms with Gasteiger partial charge in [0.25, 0.3) is 0 Å². The van der Waals surface area contributed by atoms with Gasteiger partial charge in [-0.1, -0.05) is 18.2 Å². The first-order valence-corrected chi connectivity index (χ1v) is 11.6. The highest BCUT2D eigenvalue weighted by Gasteiger charge is 2.24. The van der Waals surface area contributed by atoms with Gasteiger partial charge in [-0.15, -0.1) is 0 Å². The van der Waals surface area contributed by atoms with Crippen LogP contribution in [0.5, 0.6) is 5.75 Å². The Kier molecular flexibility index (Phi) is 6.93. The summed E-state index contributed by atoms with van der Waals surface area (Å²) >= 11 is 0. The number of hydrogen-bond donors (Lipinski definition) is 0. The topological polar surface area (TPSA) is 33.5 Å². The van der Waals surface area contributed by atoms with Crippen LogP contribution in [0.15, 0.2) is 42.5 Å². The van der Waals surface area contributed by atoms with Crippen molar-refractivity contribution >= 4 is 11.0 Å². The van der Waals surface area contributed by atoms with Crippen molar-refractivity contribution in [1.29, 1.82) is 0 Å². The van der Waals surface area contributed by atoms with Crippen LogP contribution in [-0.4, -0.2) is 59.2 Å². The van der Waals surface area contributed by atoms with Crippen molar-refractivity contribution in [3.8, 4) is 5.75 Å². The molecule has 1 saturated heterocycles. The minimum atomic E-state index is 0.327. The van der Waals surface area contributed by atoms with Gasteiger partial charge in [-0.25, -0.2) is 4.98 Å². The molecule has 2 aromatic carbocycles. The van der Waals surface area contributed by atoms with Gasteiger partial charge in [0, 0.05) is 32.7 Å². The van der Waals surface area contributed by atoms with E-state index in [2.05, 4.69) is 84.7 Å². The van der Waals surface area contributed by atoms with Crippen molar-refractivity contribution in [3.63, 3.8) is 0 Å². The number of fused-ring (bicyclic) bond motifs is 1. The number of likely N-dealkylation sites (N-methyl/N-ethyl adjacent to an activating group) is 1. The minimum Gasteiger partial charge on any atom is -0.494 e. The van der Waals surface area contributed by atoms with Crippen LogP contribution in [-0.2, 0) is 6.54 Å². The van der Waals surface area contributed by atoms with Crippen LogP contribution in [0.3, 0.4) is 0 Å². The van der Waals surface area contributed by atoms with E-state index in [0.717, 1.165) is 63.4 Å². The molecule has 0 saturated carbocycles. The van der Waals surface area contributed by atoms with Crippen LogP contribution in [0.1, 0.15) is 42.8 Å². The zero-order chi connectivity index (χ0) is 21.8. The lowest BCUT2D eigenvalue weighted by molar-refractivity contribution is 0.113. The van der Waals surface area contributed by atoms with Crippen LogP contribution in [0, 0.1) is 13.8 Å². The van der Waals surface area contributed by atoms with E-state index in [1.807, 2.05) is 0 Å². The number of aromatic nitrogens is 2. The van der Waals surface area contributed by atoms with E-state index in [4.69, 9.17) is 9.72 Å². The van der Waals surface area contributed by atoms with E-state index < -0.39 is 0 Å². The fourth-order valence-corrected chi connectivity index (χ4v) is 4.39. The predicted octanol–water partition coefficient (Wildman–Crippen LogP) is 4.82. The van der Waals surface area contributed by atoms with E-state index in [9.17, 15) is 0 Å². The number of aryl methyl sites for hydroxylation is 3. The van der Waals surface area contributed by atoms with Crippen molar-refractivity contribution in [2.24, 2.45) is 0 Å². The summed E-state index contributed by atoms with van der Waals surface area (Å²) in [7, 11) is 2.21. The monoisotopic (exact) mass is 420 g/mol. The number of imidazole rings is 1. The van der Waals surface area contributed by atoms with E-state index in [1.54, 1.807) is 0 Å². The molecular formula is C26H36N4O. The second kappa shape index (κ2) is 9.84. The van der Waals surface area contributed by atoms with Crippen LogP contribution < -0.4 is 4.74 Å². The summed E-state index contributed by atoms with van der Waals surface area (Å²) in [6.07, 6.45) is 2.11. The van der Waals surface area contributed by atoms with E-state index in [-0.39, 0.29) is 0 Å². The molecule has 5 heteroatoms. The van der Waals surface area contributed by atoms with Gasteiger partial charge >= 0.3 is 0 Å². The van der Waals surface area contributed by atoms with Crippen molar-refractivity contribution in [3.05, 3.63) is 59.4 Å². The predicted molar refractivity (Wildman–Crippen MR) is 128 cm³/mol. The van der Waals surface area contributed by atoms with Crippen molar-refractivity contribution in [1.82, 2.24) is 19.4 Å². The zero-order valence-electron chi connectivity index (χ0n) is 19.5. The van der Waals surface area contributed by atoms with Gasteiger partial charge in [-0.2, -0.15) is 0 Å². The Labute approximate surface area is 186 Å². The molecule has 1 aliphatic heterocycles. The highest BCUT2D eigenvalue weighted by molar-refractivity contribution is 5.76. The molecule has 2 heterocycles. The molecule has 31 heavy (non-hydrogen) atoms. The highest BCUT2D eigenvalue weighted by Crippen LogP contribution is 2.26. The summed E-state index contributed by atoms with van der Waals surface area (Å²) in [6, 6.07) is 15.2. The summed E-state index contributed by atoms with van der Waals surface area (Å²) < 4.78 is 8.43. The summed E-state index contributed by atoms with van der Waals surface area (Å²) in [5.74, 6) is 2.17. The average molecular weight is 421 g/mol. The van der Waals surface area contributed by atoms with Crippen molar-refractivity contribution in [2.75, 3.05) is 39.8 Å². The Morgan fingerprint density at radius 1 is 0.968 bits per heavy atom. The molecule has 1 aliphatic rings. The Morgan fingerprint density at radius 3 is 2.52 bits per heavy atom. The molecular weight excluding hydrogens is 384 g/mol. The average Bonchev–Trinajstić information content (AvgIpc) is 3.14. The molecule has 1 unspecified atom stereocenters. The number of nitrogens with zero attached hydrogens (tertiary/aromatic N) is 4. The van der Waals surface area contributed by atoms with Gasteiger partial charge in [0.1, 0.15) is 11.6 Å². The Morgan fingerprint density at radius 2 is 1.74 bits per heavy atom. The molecule has 1 aromatic heterocycles. The summed E-state index contributed by atoms with van der Waals surface area (Å²) in [6.45, 7) is 12.8. The molecule has 5 nitrogen and oxygen atoms in total. The lowest BCUT2D eigenvalue weighted by atomic mass is 10.1. The lowest BCUT2D eigenvalue weighted by Gasteiger charge is -2.36. The number of benzene rings is 2. The first kappa shape index (κ1) is 21.8. The third-order valence-electron chi connectivity index (χ3n) is 6.67. The van der Waals surface area contributed by atoms with Gasteiger partial charge in [0.05, 0.1) is 23.7 Å². The quantitative estimate of drug-likeness (QED) is 0.489. The number of rotatable bonds is 8. The second-order valence-electron chi connectivity index (χ2n) is 8.93. The van der Waals surface area contributed by atoms with Gasteiger partial charge in [0.2, 0.25) is 0 Å². The molecule has 0 radical (unpaired) electrons. The maximum absolute atomic E-state index is 5.99. The summed E-state index contributed by atoms with van der Waals surface area (Å²) in [5, 5.41) is 0. The standard InChI is InChI=1S/C26H36N4O/c1-20-11-12-23(19-21(20)2)31-18-8-7-13-30-25-10-6-5-9-24(25)27-26(30)22(3)29-16-14-28(4)15-17-29/h5-6,9-12,19,22H,7-8,13-18H2,1-4H3. The highest BCUT2D eigenvalue weighted by atomic mass is 16.5. The Bertz CT molecular complexity index is 1000. The third-order valence-corrected chi connectivity index (χ3v) is 6.67. The zero-order valence-corrected chi connectivity index (χ0v) is 19.5. The smallest absolute Gasteiger partial charge is 0.127 e. The fraction of sp³-hybridized carbons (Fsp3) is 0.500. The van der Waals surface area contributed by atoms with E-state index in [1.165, 1.54) is 22.5 Å². The molecule has 3 aromatic rings. The molecule has 0 aliphatic carbocycles. The second-order valence-corrected chi connectivity index (χ2v) is 8.93. The molecule has 0 spiro atoms. The summed E-state index contributed by atoms with van der Waals surface area (Å²) in [5.41, 5.74) is 4.93. The van der Waals surface area contributed by atoms with Gasteiger partial charge in [-0.3, -0.25) is 4.90 Å². The van der Waals surface area contributed by atoms with Gasteiger partial charge < -0.3 is 14.2 Å². The number of hydrogen-bond acceptors (Lipinski definition) is 4. The number of para-hydroxylation sites is 2.